The predicted molar refractivity (Wildman–Crippen MR) is 196 cm³/mol. The SMILES string of the molecule is CC[C@H]1CCCC(O[C@H]2CC[C@H](N(C)C)[C@@H](C)O2)[C@@H](C)C(=O)C2=C[C@H]3[C@@H]4C[C@H](O[C@@H]5O[C@@H](C)[C@H](OC)[C@@H](OC)[C@H]5OC)C[C@H]4C[C@H](O)[C@H]3[C@@H]2CC(=O)O1. The highest BCUT2D eigenvalue weighted by atomic mass is 16.7. The third kappa shape index (κ3) is 8.61. The summed E-state index contributed by atoms with van der Waals surface area (Å²) in [5, 5.41) is 11.8. The largest absolute Gasteiger partial charge is 0.462 e. The number of rotatable bonds is 9. The van der Waals surface area contributed by atoms with Gasteiger partial charge in [-0.25, -0.2) is 0 Å². The average Bonchev–Trinajstić information content (AvgIpc) is 3.70. The number of ketones is 1. The summed E-state index contributed by atoms with van der Waals surface area (Å²) in [6, 6.07) is 0.319. The van der Waals surface area contributed by atoms with Gasteiger partial charge in [-0.15, -0.1) is 0 Å². The van der Waals surface area contributed by atoms with Crippen LogP contribution in [0.5, 0.6) is 0 Å². The molecular weight excluding hydrogens is 682 g/mol. The van der Waals surface area contributed by atoms with Crippen LogP contribution < -0.4 is 0 Å². The Morgan fingerprint density at radius 2 is 1.60 bits per heavy atom. The Balaban J connectivity index is 1.22. The molecule has 0 spiro atoms. The van der Waals surface area contributed by atoms with E-state index < -0.39 is 30.3 Å². The summed E-state index contributed by atoms with van der Waals surface area (Å²) in [4.78, 5) is 30.4. The highest BCUT2D eigenvalue weighted by Crippen LogP contribution is 2.57. The van der Waals surface area contributed by atoms with Crippen LogP contribution >= 0.6 is 0 Å². The van der Waals surface area contributed by atoms with Gasteiger partial charge in [0, 0.05) is 39.2 Å². The van der Waals surface area contributed by atoms with Crippen LogP contribution in [0, 0.1) is 35.5 Å². The smallest absolute Gasteiger partial charge is 0.306 e. The Kier molecular flexibility index (Phi) is 13.8. The number of Topliss-reactive ketones (excluding diaryl/α,β-unsaturated/α-hetero) is 1. The molecule has 6 aliphatic rings. The van der Waals surface area contributed by atoms with Gasteiger partial charge in [-0.2, -0.15) is 0 Å². The highest BCUT2D eigenvalue weighted by molar-refractivity contribution is 5.99. The second-order valence-corrected chi connectivity index (χ2v) is 17.0. The van der Waals surface area contributed by atoms with Crippen molar-refractivity contribution in [3.8, 4) is 0 Å². The minimum Gasteiger partial charge on any atom is -0.462 e. The lowest BCUT2D eigenvalue weighted by molar-refractivity contribution is -0.314. The molecule has 1 unspecified atom stereocenters. The molecule has 3 heterocycles. The zero-order chi connectivity index (χ0) is 38.1. The van der Waals surface area contributed by atoms with E-state index in [0.717, 1.165) is 38.5 Å². The number of carbonyl (C=O) groups excluding carboxylic acids is 2. The number of carbonyl (C=O) groups is 2. The van der Waals surface area contributed by atoms with Crippen molar-refractivity contribution in [1.82, 2.24) is 4.90 Å². The molecular formula is C41H67NO11. The first-order valence-corrected chi connectivity index (χ1v) is 20.4. The monoisotopic (exact) mass is 749 g/mol. The quantitative estimate of drug-likeness (QED) is 0.329. The van der Waals surface area contributed by atoms with E-state index in [1.807, 2.05) is 20.8 Å². The number of aliphatic hydroxyl groups is 1. The summed E-state index contributed by atoms with van der Waals surface area (Å²) in [6.45, 7) is 8.06. The van der Waals surface area contributed by atoms with Crippen molar-refractivity contribution in [2.75, 3.05) is 35.4 Å². The molecule has 3 aliphatic heterocycles. The highest BCUT2D eigenvalue weighted by Gasteiger charge is 2.56. The van der Waals surface area contributed by atoms with E-state index in [4.69, 9.17) is 37.9 Å². The van der Waals surface area contributed by atoms with Gasteiger partial charge in [0.05, 0.1) is 36.9 Å². The Morgan fingerprint density at radius 3 is 2.26 bits per heavy atom. The molecule has 0 radical (unpaired) electrons. The van der Waals surface area contributed by atoms with Crippen LogP contribution in [0.2, 0.25) is 0 Å². The van der Waals surface area contributed by atoms with Crippen molar-refractivity contribution >= 4 is 11.8 Å². The van der Waals surface area contributed by atoms with Gasteiger partial charge in [-0.1, -0.05) is 19.9 Å². The number of cyclic esters (lactones) is 1. The van der Waals surface area contributed by atoms with Crippen LogP contribution in [0.15, 0.2) is 11.6 Å². The molecule has 2 saturated carbocycles. The van der Waals surface area contributed by atoms with E-state index >= 15 is 0 Å². The second kappa shape index (κ2) is 17.8. The van der Waals surface area contributed by atoms with Crippen molar-refractivity contribution in [2.24, 2.45) is 35.5 Å². The molecule has 3 aliphatic carbocycles. The van der Waals surface area contributed by atoms with Crippen molar-refractivity contribution in [2.45, 2.75) is 165 Å². The molecule has 0 aromatic heterocycles. The zero-order valence-electron chi connectivity index (χ0n) is 33.5. The first-order chi connectivity index (χ1) is 25.4. The summed E-state index contributed by atoms with van der Waals surface area (Å²) in [6.07, 6.45) is 5.22. The van der Waals surface area contributed by atoms with E-state index in [0.29, 0.717) is 30.9 Å². The van der Waals surface area contributed by atoms with E-state index in [1.165, 1.54) is 0 Å². The lowest BCUT2D eigenvalue weighted by Crippen LogP contribution is -2.59. The molecule has 6 rings (SSSR count). The topological polar surface area (TPSA) is 131 Å². The number of aliphatic hydroxyl groups excluding tert-OH is 1. The van der Waals surface area contributed by atoms with E-state index in [-0.39, 0.29) is 90.9 Å². The fourth-order valence-electron chi connectivity index (χ4n) is 11.0. The van der Waals surface area contributed by atoms with Crippen molar-refractivity contribution < 1.29 is 52.6 Å². The number of methoxy groups -OCH3 is 3. The Labute approximate surface area is 316 Å². The first-order valence-electron chi connectivity index (χ1n) is 20.4. The molecule has 0 amide bonds. The standard InChI is InChI=1S/C41H67NO11/c1-10-25-12-11-13-33(53-35-15-14-31(42(5)6)22(3)49-35)21(2)37(45)30-19-28-27-18-26(16-24(27)17-32(43)36(28)29(30)20-34(44)51-25)52-41-40(48-9)39(47-8)38(46-7)23(4)50-41/h19,21-29,31-33,35-36,38-41,43H,10-18,20H2,1-9H3/t21-,22-,23+,24+,25+,26-,27-,28+,29-,31+,32+,33?,35+,36-,38+,39-,40-,41+/m1/s1. The van der Waals surface area contributed by atoms with Gasteiger partial charge >= 0.3 is 5.97 Å². The van der Waals surface area contributed by atoms with Gasteiger partial charge in [-0.3, -0.25) is 9.59 Å². The maximum absolute atomic E-state index is 14.7. The number of ether oxygens (including phenoxy) is 8. The maximum Gasteiger partial charge on any atom is 0.306 e. The van der Waals surface area contributed by atoms with Gasteiger partial charge in [0.1, 0.15) is 24.4 Å². The van der Waals surface area contributed by atoms with Crippen LogP contribution in [0.25, 0.3) is 0 Å². The summed E-state index contributed by atoms with van der Waals surface area (Å²) < 4.78 is 49.5. The van der Waals surface area contributed by atoms with E-state index in [2.05, 4.69) is 32.0 Å². The molecule has 12 nitrogen and oxygen atoms in total. The molecule has 5 fully saturated rings. The van der Waals surface area contributed by atoms with Gasteiger partial charge in [0.25, 0.3) is 0 Å². The number of esters is 1. The third-order valence-electron chi connectivity index (χ3n) is 13.7. The number of hydrogen-bond donors (Lipinski definition) is 1. The number of fused-ring (bicyclic) bond motifs is 5. The minimum atomic E-state index is -0.656. The molecule has 302 valence electrons. The number of hydrogen-bond acceptors (Lipinski definition) is 12. The second-order valence-electron chi connectivity index (χ2n) is 17.0. The first kappa shape index (κ1) is 41.2. The van der Waals surface area contributed by atoms with Crippen molar-refractivity contribution in [3.63, 3.8) is 0 Å². The van der Waals surface area contributed by atoms with E-state index in [1.54, 1.807) is 21.3 Å². The third-order valence-corrected chi connectivity index (χ3v) is 13.7. The summed E-state index contributed by atoms with van der Waals surface area (Å²) in [5.74, 6) is -1.06. The fourth-order valence-corrected chi connectivity index (χ4v) is 11.0. The average molecular weight is 750 g/mol. The lowest BCUT2D eigenvalue weighted by Gasteiger charge is -2.44. The normalized spacial score (nSPS) is 46.8. The van der Waals surface area contributed by atoms with Gasteiger partial charge in [-0.05, 0) is 115 Å². The van der Waals surface area contributed by atoms with Crippen LogP contribution in [0.3, 0.4) is 0 Å². The maximum atomic E-state index is 14.7. The Bertz CT molecular complexity index is 1280. The summed E-state index contributed by atoms with van der Waals surface area (Å²) in [5.41, 5.74) is 0.652. The van der Waals surface area contributed by atoms with Crippen molar-refractivity contribution in [3.05, 3.63) is 11.6 Å². The summed E-state index contributed by atoms with van der Waals surface area (Å²) in [7, 11) is 9.07. The molecule has 0 bridgehead atoms. The predicted octanol–water partition coefficient (Wildman–Crippen LogP) is 4.68. The van der Waals surface area contributed by atoms with Crippen LogP contribution in [-0.4, -0.2) is 131 Å². The zero-order valence-corrected chi connectivity index (χ0v) is 33.5. The molecule has 12 heteroatoms. The van der Waals surface area contributed by atoms with Crippen LogP contribution in [0.4, 0.5) is 0 Å². The summed E-state index contributed by atoms with van der Waals surface area (Å²) >= 11 is 0. The number of likely N-dealkylation sites (N-methyl/N-ethyl adjacent to an activating group) is 1. The minimum absolute atomic E-state index is 0.00484. The molecule has 1 N–H and O–H groups in total. The number of allylic oxidation sites excluding steroid dienone is 2. The van der Waals surface area contributed by atoms with Crippen LogP contribution in [-0.2, 0) is 47.5 Å². The molecule has 0 aromatic carbocycles. The Morgan fingerprint density at radius 1 is 0.868 bits per heavy atom. The van der Waals surface area contributed by atoms with Gasteiger partial charge in [0.15, 0.2) is 18.4 Å². The fraction of sp³-hybridized carbons (Fsp3) is 0.902. The van der Waals surface area contributed by atoms with E-state index in [9.17, 15) is 14.7 Å². The van der Waals surface area contributed by atoms with Crippen molar-refractivity contribution in [1.29, 1.82) is 0 Å². The molecule has 18 atom stereocenters. The molecule has 53 heavy (non-hydrogen) atoms. The van der Waals surface area contributed by atoms with Gasteiger partial charge < -0.3 is 47.9 Å². The van der Waals surface area contributed by atoms with Gasteiger partial charge in [0.2, 0.25) is 0 Å². The lowest BCUT2D eigenvalue weighted by atomic mass is 9.65. The molecule has 0 aromatic rings. The Hall–Kier alpha value is -1.48. The number of nitrogens with zero attached hydrogens (tertiary/aromatic N) is 1. The molecule has 3 saturated heterocycles. The van der Waals surface area contributed by atoms with Crippen LogP contribution in [0.1, 0.15) is 91.9 Å².